The number of carbonyl (C=O) groups excluding carboxylic acids is 1. The largest absolute Gasteiger partial charge is 0.481 e. The van der Waals surface area contributed by atoms with E-state index in [0.29, 0.717) is 12.8 Å². The van der Waals surface area contributed by atoms with Gasteiger partial charge in [-0.2, -0.15) is 13.2 Å². The average Bonchev–Trinajstić information content (AvgIpc) is 2.43. The minimum absolute atomic E-state index is 0.00847. The van der Waals surface area contributed by atoms with E-state index in [1.54, 1.807) is 0 Å². The molecule has 1 aliphatic rings. The van der Waals surface area contributed by atoms with Crippen LogP contribution >= 0.6 is 0 Å². The van der Waals surface area contributed by atoms with E-state index in [1.165, 1.54) is 18.9 Å². The second-order valence-corrected chi connectivity index (χ2v) is 6.00. The van der Waals surface area contributed by atoms with Crippen LogP contribution in [0, 0.1) is 17.8 Å². The topological polar surface area (TPSA) is 69.6 Å². The molecule has 0 spiro atoms. The van der Waals surface area contributed by atoms with Crippen LogP contribution < -0.4 is 5.32 Å². The highest BCUT2D eigenvalue weighted by atomic mass is 19.4. The van der Waals surface area contributed by atoms with Crippen LogP contribution in [0.4, 0.5) is 18.0 Å². The van der Waals surface area contributed by atoms with Gasteiger partial charge in [-0.3, -0.25) is 4.79 Å². The lowest BCUT2D eigenvalue weighted by molar-refractivity contribution is -0.195. The van der Waals surface area contributed by atoms with Gasteiger partial charge in [0.25, 0.3) is 0 Å². The predicted molar refractivity (Wildman–Crippen MR) is 74.3 cm³/mol. The Hall–Kier alpha value is -1.47. The highest BCUT2D eigenvalue weighted by molar-refractivity contribution is 5.75. The van der Waals surface area contributed by atoms with Gasteiger partial charge in [0.1, 0.15) is 0 Å². The van der Waals surface area contributed by atoms with Crippen molar-refractivity contribution < 1.29 is 27.9 Å². The molecule has 1 fully saturated rings. The van der Waals surface area contributed by atoms with Crippen molar-refractivity contribution in [1.29, 1.82) is 0 Å². The molecule has 1 saturated carbocycles. The van der Waals surface area contributed by atoms with Crippen LogP contribution in [0.25, 0.3) is 0 Å². The zero-order valence-corrected chi connectivity index (χ0v) is 12.8. The molecule has 0 heterocycles. The Morgan fingerprint density at radius 3 is 2.45 bits per heavy atom. The molecular formula is C14H23F3N2O3. The van der Waals surface area contributed by atoms with E-state index in [2.05, 4.69) is 5.32 Å². The summed E-state index contributed by atoms with van der Waals surface area (Å²) in [6.45, 7) is 1.44. The Kier molecular flexibility index (Phi) is 6.49. The number of nitrogens with one attached hydrogen (secondary N) is 1. The van der Waals surface area contributed by atoms with Crippen LogP contribution in [-0.4, -0.2) is 48.3 Å². The third-order valence-electron chi connectivity index (χ3n) is 4.16. The van der Waals surface area contributed by atoms with E-state index in [9.17, 15) is 22.8 Å². The fourth-order valence-corrected chi connectivity index (χ4v) is 2.81. The summed E-state index contributed by atoms with van der Waals surface area (Å²) in [6.07, 6.45) is -2.39. The molecule has 0 radical (unpaired) electrons. The van der Waals surface area contributed by atoms with Gasteiger partial charge in [-0.1, -0.05) is 19.8 Å². The number of carboxylic acids is 1. The second-order valence-electron chi connectivity index (χ2n) is 6.00. The number of urea groups is 1. The fourth-order valence-electron chi connectivity index (χ4n) is 2.81. The van der Waals surface area contributed by atoms with Gasteiger partial charge in [0.2, 0.25) is 0 Å². The number of halogens is 3. The van der Waals surface area contributed by atoms with Crippen molar-refractivity contribution in [3.63, 3.8) is 0 Å². The van der Waals surface area contributed by atoms with Crippen LogP contribution in [0.2, 0.25) is 0 Å². The maximum absolute atomic E-state index is 12.9. The van der Waals surface area contributed by atoms with Crippen LogP contribution in [0.3, 0.4) is 0 Å². The summed E-state index contributed by atoms with van der Waals surface area (Å²) in [5, 5.41) is 11.3. The molecule has 2 N–H and O–H groups in total. The van der Waals surface area contributed by atoms with E-state index in [0.717, 1.165) is 6.42 Å². The monoisotopic (exact) mass is 324 g/mol. The highest BCUT2D eigenvalue weighted by Gasteiger charge is 2.45. The van der Waals surface area contributed by atoms with E-state index >= 15 is 0 Å². The van der Waals surface area contributed by atoms with Crippen LogP contribution in [0.15, 0.2) is 0 Å². The number of hydrogen-bond acceptors (Lipinski definition) is 2. The molecule has 1 unspecified atom stereocenters. The molecule has 128 valence electrons. The van der Waals surface area contributed by atoms with E-state index in [4.69, 9.17) is 5.11 Å². The standard InChI is InChI=1S/C14H23F3N2O3/c1-9(12(20)21)8-19(2)13(22)18-7-10-5-3-4-6-11(10)14(15,16)17/h9-11H,3-8H2,1-2H3,(H,18,22)(H,20,21)/t9?,10-,11-/m1/s1. The molecule has 22 heavy (non-hydrogen) atoms. The fraction of sp³-hybridized carbons (Fsp3) is 0.857. The normalized spacial score (nSPS) is 23.7. The lowest BCUT2D eigenvalue weighted by atomic mass is 9.79. The van der Waals surface area contributed by atoms with Crippen molar-refractivity contribution in [3.05, 3.63) is 0 Å². The maximum atomic E-state index is 12.9. The van der Waals surface area contributed by atoms with Gasteiger partial charge in [0.15, 0.2) is 0 Å². The lowest BCUT2D eigenvalue weighted by Gasteiger charge is -2.33. The summed E-state index contributed by atoms with van der Waals surface area (Å²) in [5.41, 5.74) is 0. The number of amides is 2. The zero-order valence-electron chi connectivity index (χ0n) is 12.8. The van der Waals surface area contributed by atoms with Crippen molar-refractivity contribution >= 4 is 12.0 Å². The molecule has 0 saturated heterocycles. The van der Waals surface area contributed by atoms with Gasteiger partial charge < -0.3 is 15.3 Å². The SMILES string of the molecule is CC(CN(C)C(=O)NC[C@H]1CCCC[C@H]1C(F)(F)F)C(=O)O. The Morgan fingerprint density at radius 1 is 1.32 bits per heavy atom. The Balaban J connectivity index is 2.49. The summed E-state index contributed by atoms with van der Waals surface area (Å²) < 4.78 is 38.8. The minimum Gasteiger partial charge on any atom is -0.481 e. The van der Waals surface area contributed by atoms with Gasteiger partial charge >= 0.3 is 18.2 Å². The highest BCUT2D eigenvalue weighted by Crippen LogP contribution is 2.41. The summed E-state index contributed by atoms with van der Waals surface area (Å²) in [7, 11) is 1.43. The molecule has 0 aromatic heterocycles. The van der Waals surface area contributed by atoms with Crippen LogP contribution in [0.5, 0.6) is 0 Å². The third-order valence-corrected chi connectivity index (χ3v) is 4.16. The van der Waals surface area contributed by atoms with Crippen molar-refractivity contribution in [1.82, 2.24) is 10.2 Å². The van der Waals surface area contributed by atoms with Gasteiger partial charge in [-0.15, -0.1) is 0 Å². The predicted octanol–water partition coefficient (Wildman–Crippen LogP) is 2.72. The van der Waals surface area contributed by atoms with E-state index in [1.807, 2.05) is 0 Å². The number of rotatable bonds is 5. The smallest absolute Gasteiger partial charge is 0.392 e. The number of aliphatic carboxylic acids is 1. The van der Waals surface area contributed by atoms with Crippen molar-refractivity contribution in [2.24, 2.45) is 17.8 Å². The van der Waals surface area contributed by atoms with E-state index < -0.39 is 35.9 Å². The first-order valence-corrected chi connectivity index (χ1v) is 7.41. The summed E-state index contributed by atoms with van der Waals surface area (Å²) in [5.74, 6) is -3.73. The molecule has 8 heteroatoms. The number of alkyl halides is 3. The van der Waals surface area contributed by atoms with Gasteiger partial charge in [0.05, 0.1) is 11.8 Å². The molecule has 0 bridgehead atoms. The van der Waals surface area contributed by atoms with Crippen molar-refractivity contribution in [2.45, 2.75) is 38.8 Å². The summed E-state index contributed by atoms with van der Waals surface area (Å²) in [6, 6.07) is -0.542. The maximum Gasteiger partial charge on any atom is 0.392 e. The Morgan fingerprint density at radius 2 is 1.91 bits per heavy atom. The molecule has 0 aromatic rings. The van der Waals surface area contributed by atoms with Crippen molar-refractivity contribution in [3.8, 4) is 0 Å². The first-order chi connectivity index (χ1) is 10.1. The summed E-state index contributed by atoms with van der Waals surface area (Å²) >= 11 is 0. The zero-order chi connectivity index (χ0) is 16.9. The molecular weight excluding hydrogens is 301 g/mol. The Labute approximate surface area is 127 Å². The summed E-state index contributed by atoms with van der Waals surface area (Å²) in [4.78, 5) is 23.8. The number of carbonyl (C=O) groups is 2. The number of carboxylic acid groups (broad SMARTS) is 1. The lowest BCUT2D eigenvalue weighted by Crippen LogP contribution is -2.45. The van der Waals surface area contributed by atoms with Crippen molar-refractivity contribution in [2.75, 3.05) is 20.1 Å². The molecule has 3 atom stereocenters. The molecule has 5 nitrogen and oxygen atoms in total. The Bertz CT molecular complexity index is 401. The van der Waals surface area contributed by atoms with Gasteiger partial charge in [-0.05, 0) is 18.8 Å². The molecule has 1 rings (SSSR count). The molecule has 0 aliphatic heterocycles. The first kappa shape index (κ1) is 18.6. The molecule has 1 aliphatic carbocycles. The number of nitrogens with zero attached hydrogens (tertiary/aromatic N) is 1. The van der Waals surface area contributed by atoms with Gasteiger partial charge in [0, 0.05) is 20.1 Å². The molecule has 0 aromatic carbocycles. The minimum atomic E-state index is -4.24. The van der Waals surface area contributed by atoms with Crippen LogP contribution in [-0.2, 0) is 4.79 Å². The third kappa shape index (κ3) is 5.38. The van der Waals surface area contributed by atoms with Crippen LogP contribution in [0.1, 0.15) is 32.6 Å². The quantitative estimate of drug-likeness (QED) is 0.817. The number of hydrogen-bond donors (Lipinski definition) is 2. The first-order valence-electron chi connectivity index (χ1n) is 7.41. The van der Waals surface area contributed by atoms with E-state index in [-0.39, 0.29) is 19.5 Å². The average molecular weight is 324 g/mol. The second kappa shape index (κ2) is 7.69. The van der Waals surface area contributed by atoms with Gasteiger partial charge in [-0.25, -0.2) is 4.79 Å². The molecule has 2 amide bonds.